The Balaban J connectivity index is 1.75. The second kappa shape index (κ2) is 7.21. The summed E-state index contributed by atoms with van der Waals surface area (Å²) >= 11 is 0. The number of aliphatic hydroxyl groups is 1. The van der Waals surface area contributed by atoms with Crippen molar-refractivity contribution in [2.45, 2.75) is 58.1 Å². The number of amidine groups is 1. The number of allylic oxidation sites excluding steroid dienone is 1. The summed E-state index contributed by atoms with van der Waals surface area (Å²) in [6, 6.07) is 5.74. The molecule has 28 heavy (non-hydrogen) atoms. The molecular weight excluding hydrogens is 352 g/mol. The first-order chi connectivity index (χ1) is 13.5. The fraction of sp³-hybridized carbons (Fsp3) is 0.478. The molecule has 0 saturated heterocycles. The van der Waals surface area contributed by atoms with Crippen LogP contribution in [-0.4, -0.2) is 34.6 Å². The lowest BCUT2D eigenvalue weighted by Gasteiger charge is -2.38. The number of ether oxygens (including phenoxy) is 1. The van der Waals surface area contributed by atoms with E-state index in [0.717, 1.165) is 48.3 Å². The van der Waals surface area contributed by atoms with Crippen LogP contribution in [-0.2, 0) is 11.2 Å². The predicted molar refractivity (Wildman–Crippen MR) is 110 cm³/mol. The molecule has 0 fully saturated rings. The molecule has 1 N–H and O–H groups in total. The summed E-state index contributed by atoms with van der Waals surface area (Å²) in [5.74, 6) is 1.47. The van der Waals surface area contributed by atoms with E-state index in [1.165, 1.54) is 0 Å². The number of hydrogen-bond acceptors (Lipinski definition) is 4. The van der Waals surface area contributed by atoms with Gasteiger partial charge in [0.25, 0.3) is 5.91 Å². The van der Waals surface area contributed by atoms with Gasteiger partial charge < -0.3 is 9.84 Å². The van der Waals surface area contributed by atoms with Crippen molar-refractivity contribution in [3.05, 3.63) is 47.1 Å². The number of amides is 1. The van der Waals surface area contributed by atoms with Gasteiger partial charge in [0.05, 0.1) is 12.8 Å². The van der Waals surface area contributed by atoms with Crippen molar-refractivity contribution in [3.8, 4) is 5.75 Å². The normalized spacial score (nSPS) is 25.9. The lowest BCUT2D eigenvalue weighted by molar-refractivity contribution is -0.134. The quantitative estimate of drug-likeness (QED) is 0.829. The second-order valence-electron chi connectivity index (χ2n) is 7.83. The maximum absolute atomic E-state index is 13.4. The Bertz CT molecular complexity index is 899. The smallest absolute Gasteiger partial charge is 0.261 e. The third kappa shape index (κ3) is 2.80. The zero-order valence-corrected chi connectivity index (χ0v) is 16.9. The first-order valence-electron chi connectivity index (χ1n) is 10.3. The molecule has 2 unspecified atom stereocenters. The lowest BCUT2D eigenvalue weighted by atomic mass is 9.79. The van der Waals surface area contributed by atoms with Gasteiger partial charge in [0.1, 0.15) is 11.6 Å². The number of aliphatic imine (C=N–C) groups is 1. The van der Waals surface area contributed by atoms with Crippen LogP contribution in [0.3, 0.4) is 0 Å². The molecule has 5 heteroatoms. The SMILES string of the molecule is CCCCC1(O)C2=C(C=CCC2CC)C(=O)N1C1=Nc2ccc(OC)cc2C1. The molecule has 0 spiro atoms. The van der Waals surface area contributed by atoms with E-state index in [1.54, 1.807) is 12.0 Å². The van der Waals surface area contributed by atoms with Gasteiger partial charge in [0.2, 0.25) is 0 Å². The summed E-state index contributed by atoms with van der Waals surface area (Å²) < 4.78 is 5.32. The van der Waals surface area contributed by atoms with Gasteiger partial charge in [-0.15, -0.1) is 0 Å². The van der Waals surface area contributed by atoms with Gasteiger partial charge in [-0.3, -0.25) is 9.69 Å². The summed E-state index contributed by atoms with van der Waals surface area (Å²) in [5, 5.41) is 11.9. The number of carbonyl (C=O) groups excluding carboxylic acids is 1. The van der Waals surface area contributed by atoms with Crippen LogP contribution in [0.25, 0.3) is 0 Å². The monoisotopic (exact) mass is 380 g/mol. The largest absolute Gasteiger partial charge is 0.497 e. The fourth-order valence-corrected chi connectivity index (χ4v) is 4.70. The Labute approximate surface area is 166 Å². The fourth-order valence-electron chi connectivity index (χ4n) is 4.70. The Kier molecular flexibility index (Phi) is 4.88. The van der Waals surface area contributed by atoms with E-state index < -0.39 is 5.72 Å². The molecule has 1 aromatic rings. The third-order valence-corrected chi connectivity index (χ3v) is 6.15. The van der Waals surface area contributed by atoms with Gasteiger partial charge in [-0.25, -0.2) is 4.99 Å². The van der Waals surface area contributed by atoms with E-state index in [9.17, 15) is 9.90 Å². The van der Waals surface area contributed by atoms with Crippen molar-refractivity contribution < 1.29 is 14.6 Å². The highest BCUT2D eigenvalue weighted by atomic mass is 16.5. The highest BCUT2D eigenvalue weighted by Crippen LogP contribution is 2.47. The number of unbranched alkanes of at least 4 members (excludes halogenated alkanes) is 1. The molecule has 2 atom stereocenters. The van der Waals surface area contributed by atoms with Crippen LogP contribution in [0, 0.1) is 5.92 Å². The molecule has 1 aliphatic carbocycles. The Morgan fingerprint density at radius 1 is 1.36 bits per heavy atom. The molecule has 2 heterocycles. The van der Waals surface area contributed by atoms with Crippen LogP contribution in [0.2, 0.25) is 0 Å². The zero-order chi connectivity index (χ0) is 19.9. The zero-order valence-electron chi connectivity index (χ0n) is 16.9. The molecule has 3 aliphatic rings. The molecule has 0 saturated carbocycles. The number of nitrogens with zero attached hydrogens (tertiary/aromatic N) is 2. The van der Waals surface area contributed by atoms with Crippen molar-refractivity contribution in [3.63, 3.8) is 0 Å². The van der Waals surface area contributed by atoms with Crippen LogP contribution in [0.4, 0.5) is 5.69 Å². The predicted octanol–water partition coefficient (Wildman–Crippen LogP) is 4.29. The average molecular weight is 380 g/mol. The average Bonchev–Trinajstić information content (AvgIpc) is 3.22. The van der Waals surface area contributed by atoms with Gasteiger partial charge in [0, 0.05) is 12.0 Å². The van der Waals surface area contributed by atoms with E-state index in [0.29, 0.717) is 24.3 Å². The minimum atomic E-state index is -1.28. The molecular formula is C23H28N2O3. The second-order valence-corrected chi connectivity index (χ2v) is 7.83. The van der Waals surface area contributed by atoms with Crippen molar-refractivity contribution >= 4 is 17.4 Å². The van der Waals surface area contributed by atoms with Crippen LogP contribution in [0.1, 0.15) is 51.5 Å². The minimum Gasteiger partial charge on any atom is -0.497 e. The van der Waals surface area contributed by atoms with Crippen LogP contribution in [0.5, 0.6) is 5.75 Å². The maximum atomic E-state index is 13.4. The number of rotatable bonds is 5. The number of hydrogen-bond donors (Lipinski definition) is 1. The third-order valence-electron chi connectivity index (χ3n) is 6.15. The van der Waals surface area contributed by atoms with Gasteiger partial charge >= 0.3 is 0 Å². The van der Waals surface area contributed by atoms with Crippen LogP contribution in [0.15, 0.2) is 46.5 Å². The Hall–Kier alpha value is -2.40. The summed E-state index contributed by atoms with van der Waals surface area (Å²) in [5.41, 5.74) is 2.14. The van der Waals surface area contributed by atoms with Gasteiger partial charge in [-0.1, -0.05) is 32.4 Å². The molecule has 1 amide bonds. The Morgan fingerprint density at radius 2 is 2.18 bits per heavy atom. The molecule has 148 valence electrons. The maximum Gasteiger partial charge on any atom is 0.261 e. The molecule has 0 bridgehead atoms. The highest BCUT2D eigenvalue weighted by molar-refractivity contribution is 6.13. The van der Waals surface area contributed by atoms with E-state index in [-0.39, 0.29) is 11.8 Å². The van der Waals surface area contributed by atoms with Crippen molar-refractivity contribution in [2.75, 3.05) is 7.11 Å². The Morgan fingerprint density at radius 3 is 2.89 bits per heavy atom. The van der Waals surface area contributed by atoms with Crippen LogP contribution < -0.4 is 4.74 Å². The van der Waals surface area contributed by atoms with E-state index >= 15 is 0 Å². The molecule has 2 aliphatic heterocycles. The number of benzene rings is 1. The first kappa shape index (κ1) is 18.9. The van der Waals surface area contributed by atoms with Gasteiger partial charge in [-0.2, -0.15) is 0 Å². The number of carbonyl (C=O) groups is 1. The molecule has 0 radical (unpaired) electrons. The standard InChI is InChI=1S/C23H28N2O3/c1-4-6-12-23(27)21-15(5-2)8-7-9-18(21)22(26)25(23)20-14-16-13-17(28-3)10-11-19(16)24-20/h7,9-11,13,15,27H,4-6,8,12,14H2,1-3H3. The lowest BCUT2D eigenvalue weighted by Crippen LogP contribution is -2.52. The van der Waals surface area contributed by atoms with Crippen molar-refractivity contribution in [1.82, 2.24) is 4.90 Å². The van der Waals surface area contributed by atoms with E-state index in [4.69, 9.17) is 9.73 Å². The van der Waals surface area contributed by atoms with Crippen LogP contribution >= 0.6 is 0 Å². The number of methoxy groups -OCH3 is 1. The minimum absolute atomic E-state index is 0.124. The molecule has 4 rings (SSSR count). The van der Waals surface area contributed by atoms with Gasteiger partial charge in [0.15, 0.2) is 5.72 Å². The van der Waals surface area contributed by atoms with Crippen molar-refractivity contribution in [1.29, 1.82) is 0 Å². The topological polar surface area (TPSA) is 62.1 Å². The van der Waals surface area contributed by atoms with Crippen molar-refractivity contribution in [2.24, 2.45) is 10.9 Å². The highest BCUT2D eigenvalue weighted by Gasteiger charge is 2.53. The van der Waals surface area contributed by atoms with E-state index in [2.05, 4.69) is 19.9 Å². The first-order valence-corrected chi connectivity index (χ1v) is 10.3. The molecule has 0 aromatic heterocycles. The summed E-state index contributed by atoms with van der Waals surface area (Å²) in [4.78, 5) is 19.7. The van der Waals surface area contributed by atoms with Gasteiger partial charge in [-0.05, 0) is 60.9 Å². The number of fused-ring (bicyclic) bond motifs is 1. The summed E-state index contributed by atoms with van der Waals surface area (Å²) in [6.45, 7) is 4.23. The molecule has 5 nitrogen and oxygen atoms in total. The molecule has 1 aromatic carbocycles. The van der Waals surface area contributed by atoms with E-state index in [1.807, 2.05) is 24.3 Å². The summed E-state index contributed by atoms with van der Waals surface area (Å²) in [7, 11) is 1.64. The summed E-state index contributed by atoms with van der Waals surface area (Å²) in [6.07, 6.45) is 8.61.